The van der Waals surface area contributed by atoms with Crippen molar-refractivity contribution in [2.45, 2.75) is 19.6 Å². The zero-order chi connectivity index (χ0) is 19.5. The molecule has 28 heavy (non-hydrogen) atoms. The SMILES string of the molecule is CCOC(=O)Cn1c(=NC(=O)[C@@H]2COc3ccccc3O2)sc2ccccc21. The van der Waals surface area contributed by atoms with E-state index >= 15 is 0 Å². The number of benzene rings is 2. The molecule has 1 amide bonds. The number of ether oxygens (including phenoxy) is 3. The Labute approximate surface area is 164 Å². The molecule has 0 bridgehead atoms. The van der Waals surface area contributed by atoms with Crippen LogP contribution in [0.2, 0.25) is 0 Å². The summed E-state index contributed by atoms with van der Waals surface area (Å²) in [6, 6.07) is 14.7. The van der Waals surface area contributed by atoms with Gasteiger partial charge in [-0.1, -0.05) is 35.6 Å². The number of hydrogen-bond donors (Lipinski definition) is 0. The largest absolute Gasteiger partial charge is 0.485 e. The Morgan fingerprint density at radius 1 is 1.18 bits per heavy atom. The fourth-order valence-electron chi connectivity index (χ4n) is 2.90. The number of fused-ring (bicyclic) bond motifs is 2. The molecule has 3 aromatic rings. The van der Waals surface area contributed by atoms with Gasteiger partial charge in [0.05, 0.1) is 16.8 Å². The minimum absolute atomic E-state index is 0.0190. The van der Waals surface area contributed by atoms with Crippen LogP contribution in [0, 0.1) is 0 Å². The Hall–Kier alpha value is -3.13. The molecule has 0 saturated heterocycles. The molecule has 0 aliphatic carbocycles. The lowest BCUT2D eigenvalue weighted by Gasteiger charge is -2.23. The number of para-hydroxylation sites is 3. The van der Waals surface area contributed by atoms with Crippen molar-refractivity contribution in [1.82, 2.24) is 4.57 Å². The smallest absolute Gasteiger partial charge is 0.326 e. The second kappa shape index (κ2) is 7.85. The molecule has 1 atom stereocenters. The van der Waals surface area contributed by atoms with Crippen LogP contribution in [0.15, 0.2) is 53.5 Å². The quantitative estimate of drug-likeness (QED) is 0.631. The van der Waals surface area contributed by atoms with Crippen molar-refractivity contribution in [2.24, 2.45) is 4.99 Å². The summed E-state index contributed by atoms with van der Waals surface area (Å²) in [6.07, 6.45) is -0.837. The van der Waals surface area contributed by atoms with Gasteiger partial charge in [-0.05, 0) is 31.2 Å². The fraction of sp³-hybridized carbons (Fsp3) is 0.250. The molecule has 1 aromatic heterocycles. The molecule has 2 aromatic carbocycles. The highest BCUT2D eigenvalue weighted by Gasteiger charge is 2.27. The van der Waals surface area contributed by atoms with Gasteiger partial charge in [0.15, 0.2) is 16.3 Å². The van der Waals surface area contributed by atoms with E-state index < -0.39 is 12.0 Å². The standard InChI is InChI=1S/C20H18N2O5S/c1-2-25-18(23)11-22-13-7-3-6-10-17(13)28-20(22)21-19(24)16-12-26-14-8-4-5-9-15(14)27-16/h3-10,16H,2,11-12H2,1H3/t16-/m0/s1. The van der Waals surface area contributed by atoms with E-state index in [0.717, 1.165) is 10.2 Å². The molecular formula is C20H18N2O5S. The van der Waals surface area contributed by atoms with Gasteiger partial charge in [-0.25, -0.2) is 0 Å². The van der Waals surface area contributed by atoms with E-state index in [1.807, 2.05) is 36.4 Å². The molecule has 0 radical (unpaired) electrons. The molecule has 4 rings (SSSR count). The van der Waals surface area contributed by atoms with Gasteiger partial charge in [0.1, 0.15) is 13.2 Å². The lowest BCUT2D eigenvalue weighted by Crippen LogP contribution is -2.37. The van der Waals surface area contributed by atoms with Gasteiger partial charge in [0, 0.05) is 0 Å². The summed E-state index contributed by atoms with van der Waals surface area (Å²) in [4.78, 5) is 29.4. The van der Waals surface area contributed by atoms with E-state index in [-0.39, 0.29) is 19.1 Å². The van der Waals surface area contributed by atoms with Gasteiger partial charge in [-0.2, -0.15) is 4.99 Å². The minimum atomic E-state index is -0.837. The highest BCUT2D eigenvalue weighted by atomic mass is 32.1. The van der Waals surface area contributed by atoms with E-state index in [4.69, 9.17) is 14.2 Å². The number of nitrogens with zero attached hydrogens (tertiary/aromatic N) is 2. The number of rotatable bonds is 4. The third-order valence-electron chi connectivity index (χ3n) is 4.17. The van der Waals surface area contributed by atoms with Crippen molar-refractivity contribution in [3.63, 3.8) is 0 Å². The van der Waals surface area contributed by atoms with Crippen LogP contribution in [0.4, 0.5) is 0 Å². The molecule has 7 nitrogen and oxygen atoms in total. The molecule has 1 aliphatic heterocycles. The Morgan fingerprint density at radius 3 is 2.75 bits per heavy atom. The van der Waals surface area contributed by atoms with Crippen LogP contribution in [0.5, 0.6) is 11.5 Å². The normalized spacial score (nSPS) is 16.2. The van der Waals surface area contributed by atoms with Gasteiger partial charge in [-0.15, -0.1) is 0 Å². The van der Waals surface area contributed by atoms with Crippen LogP contribution in [-0.2, 0) is 20.9 Å². The van der Waals surface area contributed by atoms with Crippen LogP contribution in [0.25, 0.3) is 10.2 Å². The molecule has 0 saturated carbocycles. The van der Waals surface area contributed by atoms with Gasteiger partial charge in [-0.3, -0.25) is 9.59 Å². The lowest BCUT2D eigenvalue weighted by molar-refractivity contribution is -0.143. The first-order chi connectivity index (χ1) is 13.7. The van der Waals surface area contributed by atoms with Crippen LogP contribution >= 0.6 is 11.3 Å². The lowest BCUT2D eigenvalue weighted by atomic mass is 10.2. The molecule has 0 fully saturated rings. The maximum Gasteiger partial charge on any atom is 0.326 e. The third-order valence-corrected chi connectivity index (χ3v) is 5.23. The zero-order valence-electron chi connectivity index (χ0n) is 15.2. The number of esters is 1. The van der Waals surface area contributed by atoms with E-state index in [2.05, 4.69) is 4.99 Å². The van der Waals surface area contributed by atoms with Crippen LogP contribution in [0.1, 0.15) is 6.92 Å². The summed E-state index contributed by atoms with van der Waals surface area (Å²) in [7, 11) is 0. The van der Waals surface area contributed by atoms with Crippen molar-refractivity contribution in [3.05, 3.63) is 53.3 Å². The number of amides is 1. The monoisotopic (exact) mass is 398 g/mol. The molecule has 0 spiro atoms. The summed E-state index contributed by atoms with van der Waals surface area (Å²) in [5.74, 6) is 0.272. The van der Waals surface area contributed by atoms with E-state index in [9.17, 15) is 9.59 Å². The summed E-state index contributed by atoms with van der Waals surface area (Å²) in [5.41, 5.74) is 0.818. The third kappa shape index (κ3) is 3.63. The van der Waals surface area contributed by atoms with E-state index in [1.165, 1.54) is 11.3 Å². The zero-order valence-corrected chi connectivity index (χ0v) is 16.0. The van der Waals surface area contributed by atoms with Crippen molar-refractivity contribution in [2.75, 3.05) is 13.2 Å². The number of carbonyl (C=O) groups is 2. The first-order valence-electron chi connectivity index (χ1n) is 8.86. The van der Waals surface area contributed by atoms with Gasteiger partial charge in [0.25, 0.3) is 5.91 Å². The molecule has 8 heteroatoms. The predicted molar refractivity (Wildman–Crippen MR) is 103 cm³/mol. The maximum atomic E-state index is 12.7. The van der Waals surface area contributed by atoms with E-state index in [1.54, 1.807) is 23.6 Å². The average molecular weight is 398 g/mol. The molecule has 2 heterocycles. The highest BCUT2D eigenvalue weighted by molar-refractivity contribution is 7.16. The Kier molecular flexibility index (Phi) is 5.12. The van der Waals surface area contributed by atoms with Crippen molar-refractivity contribution in [3.8, 4) is 11.5 Å². The second-order valence-electron chi connectivity index (χ2n) is 6.06. The number of carbonyl (C=O) groups excluding carboxylic acids is 2. The Bertz CT molecular complexity index is 1100. The molecule has 0 N–H and O–H groups in total. The van der Waals surface area contributed by atoms with Gasteiger partial charge < -0.3 is 18.8 Å². The van der Waals surface area contributed by atoms with Crippen LogP contribution in [-0.4, -0.2) is 35.8 Å². The van der Waals surface area contributed by atoms with Crippen LogP contribution in [0.3, 0.4) is 0 Å². The predicted octanol–water partition coefficient (Wildman–Crippen LogP) is 2.53. The summed E-state index contributed by atoms with van der Waals surface area (Å²) in [5, 5.41) is 0. The van der Waals surface area contributed by atoms with Crippen molar-refractivity contribution < 1.29 is 23.8 Å². The number of hydrogen-bond acceptors (Lipinski definition) is 6. The Balaban J connectivity index is 1.67. The minimum Gasteiger partial charge on any atom is -0.485 e. The maximum absolute atomic E-state index is 12.7. The Morgan fingerprint density at radius 2 is 1.93 bits per heavy atom. The topological polar surface area (TPSA) is 79.1 Å². The van der Waals surface area contributed by atoms with Crippen LogP contribution < -0.4 is 14.3 Å². The van der Waals surface area contributed by atoms with Crippen molar-refractivity contribution >= 4 is 33.4 Å². The second-order valence-corrected chi connectivity index (χ2v) is 7.07. The first kappa shape index (κ1) is 18.2. The number of aromatic nitrogens is 1. The summed E-state index contributed by atoms with van der Waals surface area (Å²) >= 11 is 1.33. The summed E-state index contributed by atoms with van der Waals surface area (Å²) < 4.78 is 19.0. The average Bonchev–Trinajstić information content (AvgIpc) is 3.05. The fourth-order valence-corrected chi connectivity index (χ4v) is 3.94. The van der Waals surface area contributed by atoms with E-state index in [0.29, 0.717) is 22.9 Å². The molecule has 144 valence electrons. The van der Waals surface area contributed by atoms with Gasteiger partial charge >= 0.3 is 5.97 Å². The molecular weight excluding hydrogens is 380 g/mol. The summed E-state index contributed by atoms with van der Waals surface area (Å²) in [6.45, 7) is 2.11. The van der Waals surface area contributed by atoms with Crippen molar-refractivity contribution in [1.29, 1.82) is 0 Å². The first-order valence-corrected chi connectivity index (χ1v) is 9.68. The highest BCUT2D eigenvalue weighted by Crippen LogP contribution is 2.31. The molecule has 0 unspecified atom stereocenters. The number of thiazole rings is 1. The van der Waals surface area contributed by atoms with Gasteiger partial charge in [0.2, 0.25) is 6.10 Å². The molecule has 1 aliphatic rings.